The average Bonchev–Trinajstić information content (AvgIpc) is 3.47. The van der Waals surface area contributed by atoms with Gasteiger partial charge in [0.05, 0.1) is 11.3 Å². The zero-order chi connectivity index (χ0) is 21.7. The Labute approximate surface area is 177 Å². The zero-order valence-corrected chi connectivity index (χ0v) is 17.0. The fraction of sp³-hybridized carbons (Fsp3) is 0.238. The molecule has 0 saturated heterocycles. The van der Waals surface area contributed by atoms with Crippen molar-refractivity contribution >= 4 is 22.9 Å². The number of primary amides is 1. The van der Waals surface area contributed by atoms with Crippen molar-refractivity contribution in [2.45, 2.75) is 20.1 Å². The highest BCUT2D eigenvalue weighted by molar-refractivity contribution is 5.92. The second kappa shape index (κ2) is 7.17. The number of carbonyl (C=O) groups is 1. The quantitative estimate of drug-likeness (QED) is 0.661. The van der Waals surface area contributed by atoms with Crippen LogP contribution in [0.3, 0.4) is 0 Å². The Morgan fingerprint density at radius 2 is 2.23 bits per heavy atom. The van der Waals surface area contributed by atoms with E-state index in [9.17, 15) is 9.18 Å². The third-order valence-electron chi connectivity index (χ3n) is 5.41. The Morgan fingerprint density at radius 3 is 2.94 bits per heavy atom. The summed E-state index contributed by atoms with van der Waals surface area (Å²) in [5.41, 5.74) is 8.87. The molecule has 5 rings (SSSR count). The standard InChI is InChI=1S/C21H20FN7O2/c1-11-18(19(23)30)31-12(2)29(11)15-3-4-17(22)16(7-15)20-26-21-25-9-14(10-28(21)27-20)13-5-6-24-8-13/h3-5,7,9-10,12,24H,6,8H2,1-2H3,(H2,23,30). The average molecular weight is 421 g/mol. The smallest absolute Gasteiger partial charge is 0.285 e. The second-order valence-electron chi connectivity index (χ2n) is 7.41. The minimum absolute atomic E-state index is 0.0941. The highest BCUT2D eigenvalue weighted by Gasteiger charge is 2.32. The van der Waals surface area contributed by atoms with Crippen LogP contribution in [-0.2, 0) is 9.53 Å². The van der Waals surface area contributed by atoms with E-state index in [2.05, 4.69) is 26.5 Å². The first kappa shape index (κ1) is 19.2. The van der Waals surface area contributed by atoms with Gasteiger partial charge in [-0.1, -0.05) is 6.08 Å². The zero-order valence-electron chi connectivity index (χ0n) is 17.0. The molecule has 158 valence electrons. The molecule has 1 unspecified atom stereocenters. The fourth-order valence-corrected chi connectivity index (χ4v) is 3.92. The third-order valence-corrected chi connectivity index (χ3v) is 5.41. The van der Waals surface area contributed by atoms with Crippen LogP contribution in [-0.4, -0.2) is 44.8 Å². The van der Waals surface area contributed by atoms with Crippen LogP contribution in [0.5, 0.6) is 0 Å². The van der Waals surface area contributed by atoms with E-state index in [1.165, 1.54) is 6.07 Å². The number of hydrogen-bond donors (Lipinski definition) is 2. The SMILES string of the molecule is CC1=C(C(N)=O)OC(C)N1c1ccc(F)c(-c2nc3ncc(C4=CCNC4)cn3n2)c1. The van der Waals surface area contributed by atoms with Crippen molar-refractivity contribution in [2.75, 3.05) is 18.0 Å². The van der Waals surface area contributed by atoms with Crippen molar-refractivity contribution in [1.29, 1.82) is 0 Å². The summed E-state index contributed by atoms with van der Waals surface area (Å²) in [6.07, 6.45) is 5.20. The van der Waals surface area contributed by atoms with Gasteiger partial charge in [-0.25, -0.2) is 13.9 Å². The number of allylic oxidation sites excluding steroid dienone is 1. The van der Waals surface area contributed by atoms with E-state index in [1.54, 1.807) is 41.6 Å². The number of rotatable bonds is 4. The lowest BCUT2D eigenvalue weighted by molar-refractivity contribution is -0.118. The lowest BCUT2D eigenvalue weighted by Gasteiger charge is -2.24. The lowest BCUT2D eigenvalue weighted by atomic mass is 10.1. The Bertz CT molecular complexity index is 1280. The Hall–Kier alpha value is -3.79. The van der Waals surface area contributed by atoms with Crippen LogP contribution in [0.4, 0.5) is 10.1 Å². The van der Waals surface area contributed by atoms with Gasteiger partial charge >= 0.3 is 0 Å². The van der Waals surface area contributed by atoms with Gasteiger partial charge in [0.15, 0.2) is 12.1 Å². The summed E-state index contributed by atoms with van der Waals surface area (Å²) in [4.78, 5) is 22.1. The maximum Gasteiger partial charge on any atom is 0.285 e. The van der Waals surface area contributed by atoms with Crippen molar-refractivity contribution in [3.63, 3.8) is 0 Å². The normalized spacial score (nSPS) is 18.6. The molecule has 0 radical (unpaired) electrons. The summed E-state index contributed by atoms with van der Waals surface area (Å²) in [7, 11) is 0. The summed E-state index contributed by atoms with van der Waals surface area (Å²) in [5.74, 6) is -0.429. The first-order valence-corrected chi connectivity index (χ1v) is 9.81. The molecular formula is C21H20FN7O2. The van der Waals surface area contributed by atoms with Gasteiger partial charge in [-0.2, -0.15) is 4.98 Å². The maximum atomic E-state index is 14.7. The molecule has 1 amide bonds. The number of hydrogen-bond acceptors (Lipinski definition) is 7. The van der Waals surface area contributed by atoms with Crippen molar-refractivity contribution in [3.05, 3.63) is 59.5 Å². The second-order valence-corrected chi connectivity index (χ2v) is 7.41. The van der Waals surface area contributed by atoms with Crippen LogP contribution >= 0.6 is 0 Å². The number of ether oxygens (including phenoxy) is 1. The maximum absolute atomic E-state index is 14.7. The molecule has 2 aromatic heterocycles. The van der Waals surface area contributed by atoms with Gasteiger partial charge in [0.1, 0.15) is 5.82 Å². The summed E-state index contributed by atoms with van der Waals surface area (Å²) in [5, 5.41) is 7.69. The van der Waals surface area contributed by atoms with Gasteiger partial charge in [0.25, 0.3) is 11.7 Å². The number of carbonyl (C=O) groups excluding carboxylic acids is 1. The molecule has 3 N–H and O–H groups in total. The Balaban J connectivity index is 1.55. The van der Waals surface area contributed by atoms with Crippen LogP contribution in [0.1, 0.15) is 19.4 Å². The summed E-state index contributed by atoms with van der Waals surface area (Å²) >= 11 is 0. The molecule has 0 aliphatic carbocycles. The monoisotopic (exact) mass is 421 g/mol. The van der Waals surface area contributed by atoms with Gasteiger partial charge in [-0.3, -0.25) is 4.79 Å². The molecule has 3 aromatic rings. The Morgan fingerprint density at radius 1 is 1.39 bits per heavy atom. The molecule has 0 saturated carbocycles. The van der Waals surface area contributed by atoms with Crippen LogP contribution in [0.25, 0.3) is 22.7 Å². The van der Waals surface area contributed by atoms with E-state index in [0.717, 1.165) is 24.2 Å². The van der Waals surface area contributed by atoms with E-state index >= 15 is 0 Å². The van der Waals surface area contributed by atoms with Crippen LogP contribution in [0, 0.1) is 5.82 Å². The van der Waals surface area contributed by atoms with Gasteiger partial charge in [-0.05, 0) is 37.6 Å². The van der Waals surface area contributed by atoms with Crippen LogP contribution in [0.2, 0.25) is 0 Å². The Kier molecular flexibility index (Phi) is 4.44. The predicted molar refractivity (Wildman–Crippen MR) is 112 cm³/mol. The van der Waals surface area contributed by atoms with Crippen molar-refractivity contribution in [1.82, 2.24) is 24.9 Å². The summed E-state index contributed by atoms with van der Waals surface area (Å²) in [6.45, 7) is 5.09. The minimum atomic E-state index is -0.648. The molecule has 2 aliphatic rings. The number of nitrogens with two attached hydrogens (primary N) is 1. The number of fused-ring (bicyclic) bond motifs is 1. The number of nitrogens with zero attached hydrogens (tertiary/aromatic N) is 5. The highest BCUT2D eigenvalue weighted by Crippen LogP contribution is 2.34. The largest absolute Gasteiger partial charge is 0.463 e. The summed E-state index contributed by atoms with van der Waals surface area (Å²) in [6, 6.07) is 4.58. The number of anilines is 1. The number of aromatic nitrogens is 4. The van der Waals surface area contributed by atoms with Crippen LogP contribution in [0.15, 0.2) is 48.1 Å². The fourth-order valence-electron chi connectivity index (χ4n) is 3.92. The lowest BCUT2D eigenvalue weighted by Crippen LogP contribution is -2.27. The number of halogens is 1. The molecular weight excluding hydrogens is 401 g/mol. The molecule has 1 aromatic carbocycles. The van der Waals surface area contributed by atoms with Gasteiger partial charge in [0, 0.05) is 36.7 Å². The number of amides is 1. The van der Waals surface area contributed by atoms with E-state index in [-0.39, 0.29) is 17.1 Å². The van der Waals surface area contributed by atoms with Crippen molar-refractivity contribution in [3.8, 4) is 11.4 Å². The van der Waals surface area contributed by atoms with E-state index in [1.807, 2.05) is 6.20 Å². The molecule has 1 atom stereocenters. The highest BCUT2D eigenvalue weighted by atomic mass is 19.1. The van der Waals surface area contributed by atoms with Gasteiger partial charge in [0.2, 0.25) is 5.76 Å². The topological polar surface area (TPSA) is 111 Å². The van der Waals surface area contributed by atoms with Crippen molar-refractivity contribution < 1.29 is 13.9 Å². The number of benzene rings is 1. The first-order chi connectivity index (χ1) is 14.9. The third kappa shape index (κ3) is 3.21. The molecule has 4 heterocycles. The molecule has 0 bridgehead atoms. The molecule has 2 aliphatic heterocycles. The molecule has 0 fully saturated rings. The van der Waals surface area contributed by atoms with Gasteiger partial charge < -0.3 is 20.7 Å². The van der Waals surface area contributed by atoms with E-state index < -0.39 is 18.0 Å². The molecule has 0 spiro atoms. The molecule has 31 heavy (non-hydrogen) atoms. The first-order valence-electron chi connectivity index (χ1n) is 9.81. The molecule has 9 nitrogen and oxygen atoms in total. The van der Waals surface area contributed by atoms with E-state index in [0.29, 0.717) is 17.2 Å². The predicted octanol–water partition coefficient (Wildman–Crippen LogP) is 1.82. The molecule has 10 heteroatoms. The van der Waals surface area contributed by atoms with Crippen molar-refractivity contribution in [2.24, 2.45) is 5.73 Å². The van der Waals surface area contributed by atoms with Gasteiger partial charge in [-0.15, -0.1) is 5.10 Å². The summed E-state index contributed by atoms with van der Waals surface area (Å²) < 4.78 is 21.9. The minimum Gasteiger partial charge on any atom is -0.463 e. The number of nitrogens with one attached hydrogen (secondary N) is 1. The van der Waals surface area contributed by atoms with Crippen LogP contribution < -0.4 is 16.0 Å². The van der Waals surface area contributed by atoms with E-state index in [4.69, 9.17) is 10.5 Å².